The molecule has 2 heterocycles. The first kappa shape index (κ1) is 18.8. The summed E-state index contributed by atoms with van der Waals surface area (Å²) in [6, 6.07) is 12.4. The lowest BCUT2D eigenvalue weighted by molar-refractivity contribution is -0.116. The van der Waals surface area contributed by atoms with Crippen LogP contribution in [0, 0.1) is 5.82 Å². The molecule has 0 aliphatic carbocycles. The van der Waals surface area contributed by atoms with E-state index in [4.69, 9.17) is 16.1 Å². The zero-order valence-electron chi connectivity index (χ0n) is 14.9. The molecule has 1 N–H and O–H groups in total. The Kier molecular flexibility index (Phi) is 5.09. The molecular weight excluding hydrogens is 399 g/mol. The molecule has 0 fully saturated rings. The van der Waals surface area contributed by atoms with Crippen LogP contribution in [0.1, 0.15) is 6.42 Å². The normalized spacial score (nSPS) is 11.0. The van der Waals surface area contributed by atoms with Gasteiger partial charge in [-0.3, -0.25) is 14.2 Å². The summed E-state index contributed by atoms with van der Waals surface area (Å²) in [6.45, 7) is 0.0991. The molecule has 0 bridgehead atoms. The summed E-state index contributed by atoms with van der Waals surface area (Å²) >= 11 is 6.21. The number of benzene rings is 2. The number of nitrogens with zero attached hydrogens (tertiary/aromatic N) is 3. The molecule has 0 aliphatic rings. The Morgan fingerprint density at radius 3 is 2.69 bits per heavy atom. The van der Waals surface area contributed by atoms with E-state index in [2.05, 4.69) is 15.5 Å². The molecule has 7 nitrogen and oxygen atoms in total. The highest BCUT2D eigenvalue weighted by Gasteiger charge is 2.19. The van der Waals surface area contributed by atoms with Crippen LogP contribution in [-0.2, 0) is 11.3 Å². The minimum absolute atomic E-state index is 0.0250. The number of fused-ring (bicyclic) bond motifs is 1. The first-order valence-corrected chi connectivity index (χ1v) is 9.06. The number of aromatic nitrogens is 3. The lowest BCUT2D eigenvalue weighted by Gasteiger charge is -2.07. The van der Waals surface area contributed by atoms with Crippen LogP contribution >= 0.6 is 11.6 Å². The minimum atomic E-state index is -0.392. The molecule has 9 heteroatoms. The first-order chi connectivity index (χ1) is 14.0. The number of hydrogen-bond donors (Lipinski definition) is 1. The van der Waals surface area contributed by atoms with Gasteiger partial charge in [-0.1, -0.05) is 35.0 Å². The van der Waals surface area contributed by atoms with Crippen LogP contribution in [0.4, 0.5) is 10.1 Å². The van der Waals surface area contributed by atoms with Gasteiger partial charge in [-0.15, -0.1) is 0 Å². The van der Waals surface area contributed by atoms with Crippen molar-refractivity contribution < 1.29 is 13.7 Å². The summed E-state index contributed by atoms with van der Waals surface area (Å²) in [7, 11) is 0. The van der Waals surface area contributed by atoms with Crippen molar-refractivity contribution in [2.45, 2.75) is 13.0 Å². The van der Waals surface area contributed by atoms with E-state index < -0.39 is 5.82 Å². The van der Waals surface area contributed by atoms with Crippen molar-refractivity contribution >= 4 is 34.3 Å². The number of aryl methyl sites for hydroxylation is 1. The number of halogens is 2. The summed E-state index contributed by atoms with van der Waals surface area (Å²) in [6.07, 6.45) is 1.33. The first-order valence-electron chi connectivity index (χ1n) is 8.68. The monoisotopic (exact) mass is 412 g/mol. The third-order valence-electron chi connectivity index (χ3n) is 4.30. The van der Waals surface area contributed by atoms with Crippen molar-refractivity contribution in [1.82, 2.24) is 14.7 Å². The van der Waals surface area contributed by atoms with Crippen molar-refractivity contribution in [2.75, 3.05) is 5.32 Å². The van der Waals surface area contributed by atoms with Crippen molar-refractivity contribution in [3.05, 3.63) is 76.1 Å². The molecule has 1 amide bonds. The number of carbonyl (C=O) groups excluding carboxylic acids is 1. The maximum atomic E-state index is 12.9. The van der Waals surface area contributed by atoms with Crippen LogP contribution in [0.5, 0.6) is 0 Å². The Bertz CT molecular complexity index is 1250. The SMILES string of the molecule is O=C(CCn1cnc2onc(-c3ccccc3Cl)c2c1=O)Nc1ccc(F)cc1. The van der Waals surface area contributed by atoms with E-state index in [1.165, 1.54) is 35.2 Å². The van der Waals surface area contributed by atoms with Gasteiger partial charge in [-0.2, -0.15) is 0 Å². The van der Waals surface area contributed by atoms with E-state index in [0.29, 0.717) is 22.0 Å². The Morgan fingerprint density at radius 2 is 1.93 bits per heavy atom. The van der Waals surface area contributed by atoms with Gasteiger partial charge in [0.1, 0.15) is 23.2 Å². The zero-order chi connectivity index (χ0) is 20.4. The van der Waals surface area contributed by atoms with Crippen LogP contribution in [0.15, 0.2) is 64.2 Å². The molecule has 2 aromatic heterocycles. The van der Waals surface area contributed by atoms with E-state index in [0.717, 1.165) is 0 Å². The molecular formula is C20H14ClFN4O3. The molecule has 4 aromatic rings. The summed E-state index contributed by atoms with van der Waals surface area (Å²) in [4.78, 5) is 29.2. The fourth-order valence-corrected chi connectivity index (χ4v) is 3.08. The van der Waals surface area contributed by atoms with Gasteiger partial charge in [-0.05, 0) is 30.3 Å². The average Bonchev–Trinajstić information content (AvgIpc) is 3.14. The number of nitrogens with one attached hydrogen (secondary N) is 1. The van der Waals surface area contributed by atoms with Gasteiger partial charge < -0.3 is 9.84 Å². The van der Waals surface area contributed by atoms with E-state index in [1.54, 1.807) is 24.3 Å². The second-order valence-electron chi connectivity index (χ2n) is 6.24. The number of carbonyl (C=O) groups is 1. The summed E-state index contributed by atoms with van der Waals surface area (Å²) in [5, 5.41) is 7.21. The fraction of sp³-hybridized carbons (Fsp3) is 0.100. The van der Waals surface area contributed by atoms with Gasteiger partial charge in [-0.25, -0.2) is 9.37 Å². The molecule has 0 saturated heterocycles. The summed E-state index contributed by atoms with van der Waals surface area (Å²) in [5.74, 6) is -0.711. The highest BCUT2D eigenvalue weighted by atomic mass is 35.5. The highest BCUT2D eigenvalue weighted by Crippen LogP contribution is 2.30. The zero-order valence-corrected chi connectivity index (χ0v) is 15.7. The average molecular weight is 413 g/mol. The molecule has 146 valence electrons. The predicted octanol–water partition coefficient (Wildman–Crippen LogP) is 3.87. The van der Waals surface area contributed by atoms with Crippen molar-refractivity contribution in [3.63, 3.8) is 0 Å². The molecule has 0 atom stereocenters. The lowest BCUT2D eigenvalue weighted by Crippen LogP contribution is -2.23. The number of anilines is 1. The molecule has 29 heavy (non-hydrogen) atoms. The highest BCUT2D eigenvalue weighted by molar-refractivity contribution is 6.33. The standard InChI is InChI=1S/C20H14ClFN4O3/c21-15-4-2-1-3-14(15)18-17-19(29-25-18)23-11-26(20(17)28)10-9-16(27)24-13-7-5-12(22)6-8-13/h1-8,11H,9-10H2,(H,24,27). The third kappa shape index (κ3) is 3.88. The van der Waals surface area contributed by atoms with E-state index in [9.17, 15) is 14.0 Å². The Labute approximate surface area is 168 Å². The summed E-state index contributed by atoms with van der Waals surface area (Å²) in [5.41, 5.74) is 1.03. The van der Waals surface area contributed by atoms with E-state index in [1.807, 2.05) is 0 Å². The van der Waals surface area contributed by atoms with Gasteiger partial charge in [0.2, 0.25) is 5.91 Å². The Hall–Kier alpha value is -3.52. The fourth-order valence-electron chi connectivity index (χ4n) is 2.86. The minimum Gasteiger partial charge on any atom is -0.335 e. The van der Waals surface area contributed by atoms with Gasteiger partial charge in [0.05, 0.1) is 5.02 Å². The number of amides is 1. The maximum Gasteiger partial charge on any atom is 0.266 e. The lowest BCUT2D eigenvalue weighted by atomic mass is 10.1. The van der Waals surface area contributed by atoms with Gasteiger partial charge in [0.25, 0.3) is 11.3 Å². The molecule has 2 aromatic carbocycles. The largest absolute Gasteiger partial charge is 0.335 e. The predicted molar refractivity (Wildman–Crippen MR) is 106 cm³/mol. The van der Waals surface area contributed by atoms with Gasteiger partial charge in [0, 0.05) is 24.2 Å². The molecule has 0 radical (unpaired) electrons. The van der Waals surface area contributed by atoms with Crippen molar-refractivity contribution in [1.29, 1.82) is 0 Å². The second kappa shape index (κ2) is 7.84. The molecule has 0 unspecified atom stereocenters. The van der Waals surface area contributed by atoms with Crippen LogP contribution in [-0.4, -0.2) is 20.6 Å². The van der Waals surface area contributed by atoms with Crippen LogP contribution in [0.2, 0.25) is 5.02 Å². The van der Waals surface area contributed by atoms with Crippen molar-refractivity contribution in [2.24, 2.45) is 0 Å². The van der Waals surface area contributed by atoms with Crippen LogP contribution in [0.25, 0.3) is 22.4 Å². The van der Waals surface area contributed by atoms with Crippen molar-refractivity contribution in [3.8, 4) is 11.3 Å². The second-order valence-corrected chi connectivity index (χ2v) is 6.65. The van der Waals surface area contributed by atoms with Gasteiger partial charge in [0.15, 0.2) is 0 Å². The quantitative estimate of drug-likeness (QED) is 0.537. The molecule has 0 aliphatic heterocycles. The smallest absolute Gasteiger partial charge is 0.266 e. The molecule has 0 saturated carbocycles. The summed E-state index contributed by atoms with van der Waals surface area (Å²) < 4.78 is 19.4. The molecule has 0 spiro atoms. The Balaban J connectivity index is 1.57. The van der Waals surface area contributed by atoms with Gasteiger partial charge >= 0.3 is 0 Å². The third-order valence-corrected chi connectivity index (χ3v) is 4.63. The Morgan fingerprint density at radius 1 is 1.17 bits per heavy atom. The topological polar surface area (TPSA) is 90.0 Å². The maximum absolute atomic E-state index is 12.9. The van der Waals surface area contributed by atoms with Crippen LogP contribution in [0.3, 0.4) is 0 Å². The van der Waals surface area contributed by atoms with E-state index >= 15 is 0 Å². The number of hydrogen-bond acceptors (Lipinski definition) is 5. The number of rotatable bonds is 5. The molecule has 4 rings (SSSR count). The van der Waals surface area contributed by atoms with Crippen LogP contribution < -0.4 is 10.9 Å². The van der Waals surface area contributed by atoms with E-state index in [-0.39, 0.29) is 35.5 Å².